The molecule has 4 rings (SSSR count). The van der Waals surface area contributed by atoms with Crippen LogP contribution in [0, 0.1) is 0 Å². The summed E-state index contributed by atoms with van der Waals surface area (Å²) in [6.45, 7) is 0. The summed E-state index contributed by atoms with van der Waals surface area (Å²) < 4.78 is 1.19. The highest BCUT2D eigenvalue weighted by Crippen LogP contribution is 2.30. The van der Waals surface area contributed by atoms with Crippen LogP contribution in [0.3, 0.4) is 0 Å². The molecule has 1 fully saturated rings. The molecule has 2 aromatic carbocycles. The van der Waals surface area contributed by atoms with Crippen LogP contribution in [0.15, 0.2) is 48.5 Å². The van der Waals surface area contributed by atoms with E-state index in [0.717, 1.165) is 34.5 Å². The summed E-state index contributed by atoms with van der Waals surface area (Å²) in [7, 11) is 0. The predicted octanol–water partition coefficient (Wildman–Crippen LogP) is 5.03. The number of carbonyl (C=O) groups is 1. The molecule has 1 saturated carbocycles. The molecule has 0 bridgehead atoms. The summed E-state index contributed by atoms with van der Waals surface area (Å²) in [6.07, 6.45) is 5.96. The SMILES string of the molecule is O=C(NC1CCCCC1)c1ccc(-c2nc3ccccc3s2)cc1. The average molecular weight is 336 g/mol. The second kappa shape index (κ2) is 6.73. The van der Waals surface area contributed by atoms with Crippen molar-refractivity contribution in [2.75, 3.05) is 0 Å². The van der Waals surface area contributed by atoms with E-state index in [4.69, 9.17) is 0 Å². The number of para-hydroxylation sites is 1. The van der Waals surface area contributed by atoms with Crippen molar-refractivity contribution in [1.29, 1.82) is 0 Å². The van der Waals surface area contributed by atoms with Crippen LogP contribution < -0.4 is 5.32 Å². The Bertz CT molecular complexity index is 814. The third-order valence-electron chi connectivity index (χ3n) is 4.63. The lowest BCUT2D eigenvalue weighted by Crippen LogP contribution is -2.36. The second-order valence-corrected chi connectivity index (χ2v) is 7.40. The van der Waals surface area contributed by atoms with Crippen molar-refractivity contribution in [3.63, 3.8) is 0 Å². The molecule has 3 nitrogen and oxygen atoms in total. The molecule has 1 heterocycles. The molecule has 1 N–H and O–H groups in total. The number of thiazole rings is 1. The zero-order chi connectivity index (χ0) is 16.4. The minimum Gasteiger partial charge on any atom is -0.349 e. The number of nitrogens with zero attached hydrogens (tertiary/aromatic N) is 1. The van der Waals surface area contributed by atoms with Crippen LogP contribution >= 0.6 is 11.3 Å². The fraction of sp³-hybridized carbons (Fsp3) is 0.300. The number of amides is 1. The normalized spacial score (nSPS) is 15.5. The number of carbonyl (C=O) groups excluding carboxylic acids is 1. The van der Waals surface area contributed by atoms with Gasteiger partial charge in [0.2, 0.25) is 0 Å². The van der Waals surface area contributed by atoms with E-state index in [0.29, 0.717) is 6.04 Å². The van der Waals surface area contributed by atoms with E-state index in [-0.39, 0.29) is 5.91 Å². The molecule has 1 aliphatic rings. The minimum absolute atomic E-state index is 0.0396. The number of benzene rings is 2. The monoisotopic (exact) mass is 336 g/mol. The number of aromatic nitrogens is 1. The lowest BCUT2D eigenvalue weighted by molar-refractivity contribution is 0.0928. The summed E-state index contributed by atoms with van der Waals surface area (Å²) >= 11 is 1.68. The lowest BCUT2D eigenvalue weighted by Gasteiger charge is -2.22. The van der Waals surface area contributed by atoms with Gasteiger partial charge in [0.05, 0.1) is 10.2 Å². The van der Waals surface area contributed by atoms with E-state index in [1.807, 2.05) is 42.5 Å². The van der Waals surface area contributed by atoms with Gasteiger partial charge in [0, 0.05) is 17.2 Å². The average Bonchev–Trinajstić information content (AvgIpc) is 3.07. The van der Waals surface area contributed by atoms with Crippen molar-refractivity contribution in [3.05, 3.63) is 54.1 Å². The van der Waals surface area contributed by atoms with Gasteiger partial charge in [-0.25, -0.2) is 4.98 Å². The Kier molecular flexibility index (Phi) is 4.30. The van der Waals surface area contributed by atoms with Gasteiger partial charge in [-0.3, -0.25) is 4.79 Å². The number of hydrogen-bond acceptors (Lipinski definition) is 3. The van der Waals surface area contributed by atoms with Gasteiger partial charge in [-0.05, 0) is 37.1 Å². The zero-order valence-corrected chi connectivity index (χ0v) is 14.3. The van der Waals surface area contributed by atoms with Gasteiger partial charge in [0.1, 0.15) is 5.01 Å². The number of rotatable bonds is 3. The van der Waals surface area contributed by atoms with Gasteiger partial charge in [0.25, 0.3) is 5.91 Å². The van der Waals surface area contributed by atoms with Gasteiger partial charge in [-0.2, -0.15) is 0 Å². The van der Waals surface area contributed by atoms with Crippen LogP contribution in [-0.4, -0.2) is 16.9 Å². The lowest BCUT2D eigenvalue weighted by atomic mass is 9.95. The third-order valence-corrected chi connectivity index (χ3v) is 5.71. The Hall–Kier alpha value is -2.20. The molecule has 1 amide bonds. The summed E-state index contributed by atoms with van der Waals surface area (Å²) in [6, 6.07) is 16.3. The quantitative estimate of drug-likeness (QED) is 0.729. The molecule has 122 valence electrons. The van der Waals surface area contributed by atoms with E-state index >= 15 is 0 Å². The standard InChI is InChI=1S/C20H20N2OS/c23-19(21-16-6-2-1-3-7-16)14-10-12-15(13-11-14)20-22-17-8-4-5-9-18(17)24-20/h4-5,8-13,16H,1-3,6-7H2,(H,21,23). The van der Waals surface area contributed by atoms with Crippen LogP contribution in [0.1, 0.15) is 42.5 Å². The van der Waals surface area contributed by atoms with Crippen molar-refractivity contribution < 1.29 is 4.79 Å². The molecule has 3 aromatic rings. The van der Waals surface area contributed by atoms with Gasteiger partial charge in [-0.1, -0.05) is 43.5 Å². The highest BCUT2D eigenvalue weighted by Gasteiger charge is 2.16. The Labute approximate surface area is 145 Å². The van der Waals surface area contributed by atoms with Crippen molar-refractivity contribution >= 4 is 27.5 Å². The molecule has 1 aliphatic carbocycles. The van der Waals surface area contributed by atoms with Crippen LogP contribution in [0.5, 0.6) is 0 Å². The topological polar surface area (TPSA) is 42.0 Å². The van der Waals surface area contributed by atoms with Crippen LogP contribution in [0.2, 0.25) is 0 Å². The van der Waals surface area contributed by atoms with E-state index in [1.54, 1.807) is 11.3 Å². The smallest absolute Gasteiger partial charge is 0.251 e. The van der Waals surface area contributed by atoms with Gasteiger partial charge in [-0.15, -0.1) is 11.3 Å². The minimum atomic E-state index is 0.0396. The maximum atomic E-state index is 12.4. The maximum absolute atomic E-state index is 12.4. The Balaban J connectivity index is 1.50. The third kappa shape index (κ3) is 3.20. The fourth-order valence-electron chi connectivity index (χ4n) is 3.28. The number of nitrogens with one attached hydrogen (secondary N) is 1. The summed E-state index contributed by atoms with van der Waals surface area (Å²) in [5, 5.41) is 4.16. The number of fused-ring (bicyclic) bond motifs is 1. The molecular weight excluding hydrogens is 316 g/mol. The largest absolute Gasteiger partial charge is 0.349 e. The van der Waals surface area contributed by atoms with Gasteiger partial charge in [0.15, 0.2) is 0 Å². The summed E-state index contributed by atoms with van der Waals surface area (Å²) in [5.74, 6) is 0.0396. The molecule has 24 heavy (non-hydrogen) atoms. The molecule has 0 spiro atoms. The molecule has 4 heteroatoms. The van der Waals surface area contributed by atoms with E-state index in [2.05, 4.69) is 16.4 Å². The highest BCUT2D eigenvalue weighted by molar-refractivity contribution is 7.21. The molecule has 0 radical (unpaired) electrons. The van der Waals surface area contributed by atoms with Gasteiger partial charge >= 0.3 is 0 Å². The first-order chi connectivity index (χ1) is 11.8. The molecular formula is C20H20N2OS. The predicted molar refractivity (Wildman–Crippen MR) is 99.4 cm³/mol. The summed E-state index contributed by atoms with van der Waals surface area (Å²) in [4.78, 5) is 17.0. The van der Waals surface area contributed by atoms with Crippen molar-refractivity contribution in [3.8, 4) is 10.6 Å². The first-order valence-electron chi connectivity index (χ1n) is 8.56. The zero-order valence-electron chi connectivity index (χ0n) is 13.5. The Morgan fingerprint density at radius 2 is 1.75 bits per heavy atom. The van der Waals surface area contributed by atoms with Crippen molar-refractivity contribution in [2.45, 2.75) is 38.1 Å². The first kappa shape index (κ1) is 15.3. The van der Waals surface area contributed by atoms with E-state index in [1.165, 1.54) is 24.0 Å². The van der Waals surface area contributed by atoms with E-state index < -0.39 is 0 Å². The van der Waals surface area contributed by atoms with Crippen LogP contribution in [-0.2, 0) is 0 Å². The second-order valence-electron chi connectivity index (χ2n) is 6.37. The molecule has 0 aliphatic heterocycles. The van der Waals surface area contributed by atoms with Crippen LogP contribution in [0.4, 0.5) is 0 Å². The van der Waals surface area contributed by atoms with Crippen molar-refractivity contribution in [2.24, 2.45) is 0 Å². The Morgan fingerprint density at radius 1 is 1.00 bits per heavy atom. The molecule has 1 aromatic heterocycles. The van der Waals surface area contributed by atoms with E-state index in [9.17, 15) is 4.79 Å². The maximum Gasteiger partial charge on any atom is 0.251 e. The van der Waals surface area contributed by atoms with Crippen molar-refractivity contribution in [1.82, 2.24) is 10.3 Å². The summed E-state index contributed by atoms with van der Waals surface area (Å²) in [5.41, 5.74) is 2.81. The molecule has 0 atom stereocenters. The molecule has 0 unspecified atom stereocenters. The van der Waals surface area contributed by atoms with Gasteiger partial charge < -0.3 is 5.32 Å². The first-order valence-corrected chi connectivity index (χ1v) is 9.38. The molecule has 0 saturated heterocycles. The Morgan fingerprint density at radius 3 is 2.50 bits per heavy atom. The fourth-order valence-corrected chi connectivity index (χ4v) is 4.25. The number of hydrogen-bond donors (Lipinski definition) is 1. The highest BCUT2D eigenvalue weighted by atomic mass is 32.1. The van der Waals surface area contributed by atoms with Crippen LogP contribution in [0.25, 0.3) is 20.8 Å².